The maximum absolute atomic E-state index is 12.6. The maximum Gasteiger partial charge on any atom is 0.247 e. The van der Waals surface area contributed by atoms with Crippen LogP contribution in [0.4, 0.5) is 11.6 Å². The van der Waals surface area contributed by atoms with E-state index in [1.807, 2.05) is 65.7 Å². The first kappa shape index (κ1) is 21.0. The van der Waals surface area contributed by atoms with Gasteiger partial charge in [-0.05, 0) is 35.4 Å². The van der Waals surface area contributed by atoms with Gasteiger partial charge in [-0.1, -0.05) is 36.4 Å². The average Bonchev–Trinajstić information content (AvgIpc) is 3.26. The lowest BCUT2D eigenvalue weighted by molar-refractivity contribution is -0.134. The van der Waals surface area contributed by atoms with Crippen molar-refractivity contribution in [2.75, 3.05) is 38.7 Å². The van der Waals surface area contributed by atoms with Crippen molar-refractivity contribution in [3.05, 3.63) is 72.4 Å². The molecule has 1 saturated heterocycles. The number of anilines is 2. The fourth-order valence-electron chi connectivity index (χ4n) is 3.94. The van der Waals surface area contributed by atoms with Gasteiger partial charge < -0.3 is 19.7 Å². The van der Waals surface area contributed by atoms with Crippen molar-refractivity contribution < 1.29 is 14.3 Å². The van der Waals surface area contributed by atoms with Gasteiger partial charge in [0.1, 0.15) is 5.75 Å². The number of pyridine rings is 1. The quantitative estimate of drug-likeness (QED) is 0.491. The van der Waals surface area contributed by atoms with Gasteiger partial charge in [0, 0.05) is 24.8 Å². The van der Waals surface area contributed by atoms with Crippen molar-refractivity contribution in [1.82, 2.24) is 19.5 Å². The monoisotopic (exact) mass is 443 g/mol. The minimum Gasteiger partial charge on any atom is -0.495 e. The fraction of sp³-hybridized carbons (Fsp3) is 0.240. The summed E-state index contributed by atoms with van der Waals surface area (Å²) in [5.41, 5.74) is 4.54. The zero-order valence-corrected chi connectivity index (χ0v) is 18.4. The second-order valence-electron chi connectivity index (χ2n) is 7.85. The van der Waals surface area contributed by atoms with Crippen molar-refractivity contribution in [3.63, 3.8) is 0 Å². The number of rotatable bonds is 6. The van der Waals surface area contributed by atoms with Gasteiger partial charge in [-0.25, -0.2) is 4.52 Å². The number of nitrogens with one attached hydrogen (secondary N) is 1. The summed E-state index contributed by atoms with van der Waals surface area (Å²) in [4.78, 5) is 19.0. The molecule has 8 nitrogen and oxygen atoms in total. The third-order valence-corrected chi connectivity index (χ3v) is 5.66. The fourth-order valence-corrected chi connectivity index (χ4v) is 3.94. The van der Waals surface area contributed by atoms with E-state index in [0.29, 0.717) is 38.7 Å². The number of amides is 1. The Labute approximate surface area is 191 Å². The molecule has 1 N–H and O–H groups in total. The van der Waals surface area contributed by atoms with Crippen LogP contribution in [0.3, 0.4) is 0 Å². The van der Waals surface area contributed by atoms with E-state index in [2.05, 4.69) is 21.5 Å². The Bertz CT molecular complexity index is 1280. The smallest absolute Gasteiger partial charge is 0.247 e. The highest BCUT2D eigenvalue weighted by molar-refractivity contribution is 5.79. The molecule has 0 aliphatic carbocycles. The number of carbonyl (C=O) groups excluding carboxylic acids is 1. The van der Waals surface area contributed by atoms with E-state index in [0.717, 1.165) is 33.8 Å². The molecule has 0 radical (unpaired) electrons. The van der Waals surface area contributed by atoms with Crippen LogP contribution in [0.5, 0.6) is 5.75 Å². The first-order valence-corrected chi connectivity index (χ1v) is 10.9. The van der Waals surface area contributed by atoms with Gasteiger partial charge in [-0.3, -0.25) is 4.79 Å². The van der Waals surface area contributed by atoms with Crippen molar-refractivity contribution in [3.8, 4) is 16.9 Å². The average molecular weight is 444 g/mol. The lowest BCUT2D eigenvalue weighted by atomic mass is 10.0. The Balaban J connectivity index is 1.35. The summed E-state index contributed by atoms with van der Waals surface area (Å²) in [6, 6.07) is 19.7. The zero-order chi connectivity index (χ0) is 22.6. The van der Waals surface area contributed by atoms with E-state index < -0.39 is 0 Å². The van der Waals surface area contributed by atoms with Gasteiger partial charge >= 0.3 is 0 Å². The summed E-state index contributed by atoms with van der Waals surface area (Å²) < 4.78 is 12.5. The molecule has 1 aliphatic rings. The number of hydrogen-bond acceptors (Lipinski definition) is 6. The van der Waals surface area contributed by atoms with Crippen LogP contribution in [0.15, 0.2) is 66.9 Å². The molecule has 1 fully saturated rings. The van der Waals surface area contributed by atoms with Gasteiger partial charge in [0.25, 0.3) is 0 Å². The molecule has 2 aromatic heterocycles. The number of fused-ring (bicyclic) bond motifs is 1. The number of hydrogen-bond donors (Lipinski definition) is 1. The largest absolute Gasteiger partial charge is 0.495 e. The lowest BCUT2D eigenvalue weighted by Crippen LogP contribution is -2.41. The summed E-state index contributed by atoms with van der Waals surface area (Å²) in [6.07, 6.45) is 2.32. The Kier molecular flexibility index (Phi) is 5.91. The minimum absolute atomic E-state index is 0.134. The SMILES string of the molecule is COc1ccccc1Nc1nc2ccc(-c3cccc(CC(=O)N4CCOCC4)c3)cn2n1. The Hall–Kier alpha value is -3.91. The highest BCUT2D eigenvalue weighted by Crippen LogP contribution is 2.26. The molecule has 0 unspecified atom stereocenters. The third-order valence-electron chi connectivity index (χ3n) is 5.66. The summed E-state index contributed by atoms with van der Waals surface area (Å²) in [5.74, 6) is 1.34. The first-order chi connectivity index (χ1) is 16.2. The van der Waals surface area contributed by atoms with Crippen LogP contribution in [-0.4, -0.2) is 58.8 Å². The van der Waals surface area contributed by atoms with Crippen LogP contribution >= 0.6 is 0 Å². The van der Waals surface area contributed by atoms with E-state index in [-0.39, 0.29) is 5.91 Å². The van der Waals surface area contributed by atoms with Gasteiger partial charge in [0.2, 0.25) is 11.9 Å². The summed E-state index contributed by atoms with van der Waals surface area (Å²) in [7, 11) is 1.63. The molecule has 1 amide bonds. The molecule has 4 aromatic rings. The van der Waals surface area contributed by atoms with Crippen LogP contribution in [0.1, 0.15) is 5.56 Å². The zero-order valence-electron chi connectivity index (χ0n) is 18.4. The maximum atomic E-state index is 12.6. The molecule has 3 heterocycles. The molecule has 0 bridgehead atoms. The Morgan fingerprint density at radius 2 is 1.91 bits per heavy atom. The molecule has 8 heteroatoms. The number of nitrogens with zero attached hydrogens (tertiary/aromatic N) is 4. The molecule has 5 rings (SSSR count). The number of methoxy groups -OCH3 is 1. The van der Waals surface area contributed by atoms with Crippen molar-refractivity contribution >= 4 is 23.2 Å². The van der Waals surface area contributed by atoms with E-state index in [9.17, 15) is 4.79 Å². The molecule has 1 aliphatic heterocycles. The molecule has 33 heavy (non-hydrogen) atoms. The number of ether oxygens (including phenoxy) is 2. The normalized spacial score (nSPS) is 13.8. The van der Waals surface area contributed by atoms with Crippen LogP contribution < -0.4 is 10.1 Å². The van der Waals surface area contributed by atoms with E-state index >= 15 is 0 Å². The number of morpholine rings is 1. The predicted molar refractivity (Wildman–Crippen MR) is 126 cm³/mol. The predicted octanol–water partition coefficient (Wildman–Crippen LogP) is 3.55. The van der Waals surface area contributed by atoms with Gasteiger partial charge in [0.05, 0.1) is 32.4 Å². The molecule has 0 spiro atoms. The van der Waals surface area contributed by atoms with Crippen molar-refractivity contribution in [2.45, 2.75) is 6.42 Å². The molecular weight excluding hydrogens is 418 g/mol. The van der Waals surface area contributed by atoms with E-state index in [1.165, 1.54) is 0 Å². The molecule has 168 valence electrons. The number of para-hydroxylation sites is 2. The van der Waals surface area contributed by atoms with Crippen LogP contribution in [-0.2, 0) is 16.0 Å². The van der Waals surface area contributed by atoms with Crippen LogP contribution in [0.25, 0.3) is 16.8 Å². The highest BCUT2D eigenvalue weighted by Gasteiger charge is 2.17. The third kappa shape index (κ3) is 4.65. The van der Waals surface area contributed by atoms with Crippen LogP contribution in [0, 0.1) is 0 Å². The van der Waals surface area contributed by atoms with Gasteiger partial charge in [-0.15, -0.1) is 5.10 Å². The second kappa shape index (κ2) is 9.30. The highest BCUT2D eigenvalue weighted by atomic mass is 16.5. The second-order valence-corrected chi connectivity index (χ2v) is 7.85. The van der Waals surface area contributed by atoms with Gasteiger partial charge in [-0.2, -0.15) is 4.98 Å². The molecule has 0 atom stereocenters. The summed E-state index contributed by atoms with van der Waals surface area (Å²) in [6.45, 7) is 2.54. The molecule has 0 saturated carbocycles. The summed E-state index contributed by atoms with van der Waals surface area (Å²) >= 11 is 0. The molecule has 2 aromatic carbocycles. The Morgan fingerprint density at radius 3 is 2.76 bits per heavy atom. The van der Waals surface area contributed by atoms with Crippen molar-refractivity contribution in [2.24, 2.45) is 0 Å². The summed E-state index contributed by atoms with van der Waals surface area (Å²) in [5, 5.41) is 7.78. The minimum atomic E-state index is 0.134. The topological polar surface area (TPSA) is 81.0 Å². The molecular formula is C25H25N5O3. The van der Waals surface area contributed by atoms with Gasteiger partial charge in [0.15, 0.2) is 5.65 Å². The van der Waals surface area contributed by atoms with Crippen molar-refractivity contribution in [1.29, 1.82) is 0 Å². The Morgan fingerprint density at radius 1 is 1.06 bits per heavy atom. The number of carbonyl (C=O) groups is 1. The number of aromatic nitrogens is 3. The standard InChI is InChI=1S/C25H25N5O3/c1-32-22-8-3-2-7-21(22)26-25-27-23-10-9-20(17-30(23)28-25)19-6-4-5-18(15-19)16-24(31)29-11-13-33-14-12-29/h2-10,15,17H,11-14,16H2,1H3,(H,26,28). The van der Waals surface area contributed by atoms with E-state index in [1.54, 1.807) is 11.6 Å². The van der Waals surface area contributed by atoms with E-state index in [4.69, 9.17) is 9.47 Å². The number of benzene rings is 2. The first-order valence-electron chi connectivity index (χ1n) is 10.9. The lowest BCUT2D eigenvalue weighted by Gasteiger charge is -2.26. The van der Waals surface area contributed by atoms with Crippen LogP contribution in [0.2, 0.25) is 0 Å².